The minimum atomic E-state index is 0.892. The minimum absolute atomic E-state index is 0.892. The summed E-state index contributed by atoms with van der Waals surface area (Å²) in [5.41, 5.74) is 6.72. The van der Waals surface area contributed by atoms with Crippen LogP contribution in [0.15, 0.2) is 24.3 Å². The number of benzene rings is 1. The number of hydrogen-bond donors (Lipinski definition) is 1. The molecular formula is C10H11NS. The predicted octanol–water partition coefficient (Wildman–Crippen LogP) is 3.05. The van der Waals surface area contributed by atoms with Crippen molar-refractivity contribution in [2.75, 3.05) is 5.73 Å². The van der Waals surface area contributed by atoms with Crippen LogP contribution in [-0.4, -0.2) is 0 Å². The molecule has 1 heterocycles. The molecule has 0 radical (unpaired) electrons. The van der Waals surface area contributed by atoms with Gasteiger partial charge in [0.25, 0.3) is 0 Å². The van der Waals surface area contributed by atoms with E-state index in [-0.39, 0.29) is 0 Å². The second-order valence-corrected chi connectivity index (χ2v) is 3.99. The van der Waals surface area contributed by atoms with Crippen molar-refractivity contribution in [1.82, 2.24) is 0 Å². The highest BCUT2D eigenvalue weighted by Crippen LogP contribution is 2.29. The maximum absolute atomic E-state index is 5.83. The Labute approximate surface area is 75.8 Å². The molecule has 0 amide bonds. The molecule has 12 heavy (non-hydrogen) atoms. The summed E-state index contributed by atoms with van der Waals surface area (Å²) in [7, 11) is 0. The highest BCUT2D eigenvalue weighted by atomic mass is 32.1. The Morgan fingerprint density at radius 3 is 2.92 bits per heavy atom. The minimum Gasteiger partial charge on any atom is -0.398 e. The number of thiophene rings is 1. The molecule has 2 rings (SSSR count). The van der Waals surface area contributed by atoms with Gasteiger partial charge in [-0.2, -0.15) is 0 Å². The normalized spacial score (nSPS) is 10.8. The summed E-state index contributed by atoms with van der Waals surface area (Å²) in [6, 6.07) is 8.27. The molecule has 2 N–H and O–H groups in total. The molecule has 1 nitrogen and oxygen atoms in total. The fourth-order valence-electron chi connectivity index (χ4n) is 1.31. The standard InChI is InChI=1S/C10H11NS/c1-2-7-6-8-9(11)4-3-5-10(8)12-7/h3-6H,2,11H2,1H3. The Kier molecular flexibility index (Phi) is 1.77. The Bertz CT molecular complexity index is 403. The van der Waals surface area contributed by atoms with E-state index in [0.717, 1.165) is 12.1 Å². The third-order valence-electron chi connectivity index (χ3n) is 1.99. The zero-order valence-electron chi connectivity index (χ0n) is 7.00. The van der Waals surface area contributed by atoms with Gasteiger partial charge in [-0.25, -0.2) is 0 Å². The summed E-state index contributed by atoms with van der Waals surface area (Å²) in [5.74, 6) is 0. The van der Waals surface area contributed by atoms with Crippen molar-refractivity contribution in [3.05, 3.63) is 29.1 Å². The van der Waals surface area contributed by atoms with Crippen molar-refractivity contribution < 1.29 is 0 Å². The number of aryl methyl sites for hydroxylation is 1. The average Bonchev–Trinajstić information content (AvgIpc) is 2.49. The number of anilines is 1. The second kappa shape index (κ2) is 2.79. The maximum Gasteiger partial charge on any atom is 0.0402 e. The smallest absolute Gasteiger partial charge is 0.0402 e. The van der Waals surface area contributed by atoms with E-state index >= 15 is 0 Å². The van der Waals surface area contributed by atoms with Gasteiger partial charge in [-0.3, -0.25) is 0 Å². The lowest BCUT2D eigenvalue weighted by atomic mass is 10.2. The van der Waals surface area contributed by atoms with Gasteiger partial charge in [0.15, 0.2) is 0 Å². The van der Waals surface area contributed by atoms with Gasteiger partial charge in [0.1, 0.15) is 0 Å². The van der Waals surface area contributed by atoms with Crippen LogP contribution in [0.25, 0.3) is 10.1 Å². The van der Waals surface area contributed by atoms with Crippen LogP contribution in [0.1, 0.15) is 11.8 Å². The molecule has 0 saturated heterocycles. The lowest BCUT2D eigenvalue weighted by Gasteiger charge is -1.92. The first kappa shape index (κ1) is 7.62. The van der Waals surface area contributed by atoms with Crippen molar-refractivity contribution in [3.8, 4) is 0 Å². The molecule has 62 valence electrons. The molecule has 0 aliphatic heterocycles. The summed E-state index contributed by atoms with van der Waals surface area (Å²) in [6.45, 7) is 2.17. The fourth-order valence-corrected chi connectivity index (χ4v) is 2.35. The SMILES string of the molecule is CCc1cc2c(N)cccc2s1. The Morgan fingerprint density at radius 1 is 1.42 bits per heavy atom. The fraction of sp³-hybridized carbons (Fsp3) is 0.200. The Balaban J connectivity index is 2.74. The summed E-state index contributed by atoms with van der Waals surface area (Å²) in [6.07, 6.45) is 1.10. The highest BCUT2D eigenvalue weighted by molar-refractivity contribution is 7.19. The molecule has 1 aromatic carbocycles. The molecule has 0 fully saturated rings. The summed E-state index contributed by atoms with van der Waals surface area (Å²) < 4.78 is 1.30. The zero-order chi connectivity index (χ0) is 8.55. The molecule has 0 spiro atoms. The number of hydrogen-bond acceptors (Lipinski definition) is 2. The van der Waals surface area contributed by atoms with Crippen LogP contribution in [0, 0.1) is 0 Å². The Morgan fingerprint density at radius 2 is 2.25 bits per heavy atom. The van der Waals surface area contributed by atoms with Crippen LogP contribution < -0.4 is 5.73 Å². The summed E-state index contributed by atoms with van der Waals surface area (Å²) in [4.78, 5) is 1.41. The van der Waals surface area contributed by atoms with Gasteiger partial charge in [0.2, 0.25) is 0 Å². The van der Waals surface area contributed by atoms with E-state index in [2.05, 4.69) is 19.1 Å². The highest BCUT2D eigenvalue weighted by Gasteiger charge is 2.01. The lowest BCUT2D eigenvalue weighted by Crippen LogP contribution is -1.82. The topological polar surface area (TPSA) is 26.0 Å². The van der Waals surface area contributed by atoms with Crippen molar-refractivity contribution in [1.29, 1.82) is 0 Å². The Hall–Kier alpha value is -1.02. The van der Waals surface area contributed by atoms with Crippen molar-refractivity contribution in [2.24, 2.45) is 0 Å². The van der Waals surface area contributed by atoms with Crippen LogP contribution in [0.5, 0.6) is 0 Å². The molecule has 0 unspecified atom stereocenters. The van der Waals surface area contributed by atoms with Crippen LogP contribution >= 0.6 is 11.3 Å². The zero-order valence-corrected chi connectivity index (χ0v) is 7.82. The summed E-state index contributed by atoms with van der Waals surface area (Å²) in [5, 5.41) is 1.21. The van der Waals surface area contributed by atoms with Gasteiger partial charge >= 0.3 is 0 Å². The van der Waals surface area contributed by atoms with E-state index in [4.69, 9.17) is 5.73 Å². The van der Waals surface area contributed by atoms with Gasteiger partial charge in [-0.15, -0.1) is 11.3 Å². The van der Waals surface area contributed by atoms with Crippen LogP contribution in [0.4, 0.5) is 5.69 Å². The van der Waals surface area contributed by atoms with E-state index < -0.39 is 0 Å². The third-order valence-corrected chi connectivity index (χ3v) is 3.24. The quantitative estimate of drug-likeness (QED) is 0.666. The molecule has 1 aromatic heterocycles. The first-order chi connectivity index (χ1) is 5.81. The van der Waals surface area contributed by atoms with E-state index in [9.17, 15) is 0 Å². The first-order valence-electron chi connectivity index (χ1n) is 4.08. The van der Waals surface area contributed by atoms with Crippen LogP contribution in [0.3, 0.4) is 0 Å². The van der Waals surface area contributed by atoms with E-state index in [1.165, 1.54) is 15.0 Å². The van der Waals surface area contributed by atoms with Gasteiger partial charge in [0.05, 0.1) is 0 Å². The monoisotopic (exact) mass is 177 g/mol. The predicted molar refractivity (Wildman–Crippen MR) is 55.6 cm³/mol. The molecule has 2 aromatic rings. The molecular weight excluding hydrogens is 166 g/mol. The van der Waals surface area contributed by atoms with Crippen LogP contribution in [0.2, 0.25) is 0 Å². The van der Waals surface area contributed by atoms with E-state index in [1.54, 1.807) is 0 Å². The molecule has 0 atom stereocenters. The van der Waals surface area contributed by atoms with Gasteiger partial charge in [-0.05, 0) is 24.6 Å². The van der Waals surface area contributed by atoms with Crippen molar-refractivity contribution in [2.45, 2.75) is 13.3 Å². The average molecular weight is 177 g/mol. The van der Waals surface area contributed by atoms with Gasteiger partial charge in [-0.1, -0.05) is 13.0 Å². The second-order valence-electron chi connectivity index (χ2n) is 2.83. The molecule has 0 aliphatic rings. The number of fused-ring (bicyclic) bond motifs is 1. The molecule has 0 aliphatic carbocycles. The van der Waals surface area contributed by atoms with Crippen LogP contribution in [-0.2, 0) is 6.42 Å². The number of rotatable bonds is 1. The molecule has 2 heteroatoms. The first-order valence-corrected chi connectivity index (χ1v) is 4.90. The van der Waals surface area contributed by atoms with Crippen molar-refractivity contribution in [3.63, 3.8) is 0 Å². The van der Waals surface area contributed by atoms with Gasteiger partial charge in [0, 0.05) is 20.7 Å². The van der Waals surface area contributed by atoms with Gasteiger partial charge < -0.3 is 5.73 Å². The molecule has 0 saturated carbocycles. The largest absolute Gasteiger partial charge is 0.398 e. The number of nitrogen functional groups attached to an aromatic ring is 1. The maximum atomic E-state index is 5.83. The lowest BCUT2D eigenvalue weighted by molar-refractivity contribution is 1.19. The number of nitrogens with two attached hydrogens (primary N) is 1. The van der Waals surface area contributed by atoms with E-state index in [1.807, 2.05) is 23.5 Å². The molecule has 0 bridgehead atoms. The third kappa shape index (κ3) is 1.08. The summed E-state index contributed by atoms with van der Waals surface area (Å²) >= 11 is 1.83. The van der Waals surface area contributed by atoms with Crippen molar-refractivity contribution >= 4 is 27.1 Å². The van der Waals surface area contributed by atoms with E-state index in [0.29, 0.717) is 0 Å².